The number of nitriles is 1. The largest absolute Gasteiger partial charge is 0.497 e. The molecule has 1 aliphatic rings. The smallest absolute Gasteiger partial charge is 0.411 e. The summed E-state index contributed by atoms with van der Waals surface area (Å²) >= 11 is 0. The maximum atomic E-state index is 14.8. The molecule has 176 valence electrons. The van der Waals surface area contributed by atoms with E-state index in [9.17, 15) is 24.0 Å². The Labute approximate surface area is 198 Å². The number of hydrogen-bond acceptors (Lipinski definition) is 7. The van der Waals surface area contributed by atoms with Crippen molar-refractivity contribution >= 4 is 34.4 Å². The quantitative estimate of drug-likeness (QED) is 0.532. The van der Waals surface area contributed by atoms with Gasteiger partial charge in [0.2, 0.25) is 0 Å². The van der Waals surface area contributed by atoms with Crippen LogP contribution in [-0.2, 0) is 14.3 Å². The number of nitrogens with zero attached hydrogens (tertiary/aromatic N) is 2. The number of alkyl carbamates (subject to hydrolysis) is 1. The molecule has 1 heterocycles. The summed E-state index contributed by atoms with van der Waals surface area (Å²) in [5.41, 5.74) is -0.945. The highest BCUT2D eigenvalue weighted by atomic mass is 19.1. The number of halogens is 1. The van der Waals surface area contributed by atoms with Crippen molar-refractivity contribution in [3.05, 3.63) is 71.7 Å². The van der Waals surface area contributed by atoms with Crippen LogP contribution in [0.3, 0.4) is 0 Å². The van der Waals surface area contributed by atoms with Crippen LogP contribution < -0.4 is 19.7 Å². The summed E-state index contributed by atoms with van der Waals surface area (Å²) in [6.45, 7) is 1.63. The number of nitrogens with one attached hydrogen (secondary N) is 1. The van der Waals surface area contributed by atoms with E-state index in [0.29, 0.717) is 16.4 Å². The molecular formula is C25H18FN3O6. The minimum absolute atomic E-state index is 0.0538. The summed E-state index contributed by atoms with van der Waals surface area (Å²) in [5.74, 6) is -1.87. The van der Waals surface area contributed by atoms with Gasteiger partial charge >= 0.3 is 6.09 Å². The molecule has 10 heteroatoms. The van der Waals surface area contributed by atoms with Gasteiger partial charge in [0.25, 0.3) is 11.8 Å². The topological polar surface area (TPSA) is 118 Å². The van der Waals surface area contributed by atoms with Crippen molar-refractivity contribution in [2.45, 2.75) is 6.92 Å². The average molecular weight is 475 g/mol. The lowest BCUT2D eigenvalue weighted by molar-refractivity contribution is -0.120. The number of carbonyl (C=O) groups excluding carboxylic acids is 3. The molecule has 3 aromatic carbocycles. The number of amides is 3. The molecule has 4 rings (SSSR count). The van der Waals surface area contributed by atoms with Gasteiger partial charge in [0.05, 0.1) is 25.0 Å². The minimum atomic E-state index is -0.994. The summed E-state index contributed by atoms with van der Waals surface area (Å²) < 4.78 is 30.6. The van der Waals surface area contributed by atoms with Gasteiger partial charge in [-0.25, -0.2) is 14.1 Å². The highest BCUT2D eigenvalue weighted by molar-refractivity contribution is 6.31. The highest BCUT2D eigenvalue weighted by Crippen LogP contribution is 2.35. The molecule has 0 spiro atoms. The van der Waals surface area contributed by atoms with Gasteiger partial charge in [-0.05, 0) is 48.0 Å². The highest BCUT2D eigenvalue weighted by Gasteiger charge is 2.36. The van der Waals surface area contributed by atoms with Crippen LogP contribution in [0.15, 0.2) is 60.3 Å². The van der Waals surface area contributed by atoms with Crippen LogP contribution in [0, 0.1) is 17.1 Å². The Kier molecular flexibility index (Phi) is 6.33. The zero-order valence-corrected chi connectivity index (χ0v) is 18.6. The third-order valence-electron chi connectivity index (χ3n) is 5.09. The number of methoxy groups -OCH3 is 1. The van der Waals surface area contributed by atoms with E-state index in [-0.39, 0.29) is 23.6 Å². The predicted octanol–water partition coefficient (Wildman–Crippen LogP) is 4.15. The van der Waals surface area contributed by atoms with Crippen molar-refractivity contribution < 1.29 is 33.0 Å². The number of imide groups is 1. The van der Waals surface area contributed by atoms with Gasteiger partial charge in [-0.3, -0.25) is 14.9 Å². The lowest BCUT2D eigenvalue weighted by Crippen LogP contribution is -2.35. The van der Waals surface area contributed by atoms with Gasteiger partial charge in [0.1, 0.15) is 34.8 Å². The van der Waals surface area contributed by atoms with Crippen molar-refractivity contribution in [2.75, 3.05) is 18.6 Å². The standard InChI is InChI=1S/C25H18FN3O6/c1-3-34-25(32)28-20-11-23(30)29(24(20)31)21-12-22(16(13-27)10-19(21)26)35-18-7-5-14-8-17(33-2)6-4-15(14)9-18/h4-12H,3H2,1-2H3,(H,28,32). The Hall–Kier alpha value is -4.91. The Morgan fingerprint density at radius 1 is 1.09 bits per heavy atom. The first-order valence-corrected chi connectivity index (χ1v) is 10.4. The first kappa shape index (κ1) is 23.3. The summed E-state index contributed by atoms with van der Waals surface area (Å²) in [4.78, 5) is 37.4. The van der Waals surface area contributed by atoms with E-state index in [1.807, 2.05) is 18.2 Å². The van der Waals surface area contributed by atoms with Gasteiger partial charge in [-0.15, -0.1) is 0 Å². The molecule has 0 unspecified atom stereocenters. The van der Waals surface area contributed by atoms with E-state index in [1.54, 1.807) is 38.3 Å². The number of carbonyl (C=O) groups is 3. The van der Waals surface area contributed by atoms with Gasteiger partial charge in [0.15, 0.2) is 0 Å². The second-order valence-corrected chi connectivity index (χ2v) is 7.27. The van der Waals surface area contributed by atoms with E-state index < -0.39 is 29.4 Å². The molecule has 1 N–H and O–H groups in total. The van der Waals surface area contributed by atoms with E-state index in [4.69, 9.17) is 14.2 Å². The summed E-state index contributed by atoms with van der Waals surface area (Å²) in [5, 5.41) is 13.3. The molecular weight excluding hydrogens is 457 g/mol. The average Bonchev–Trinajstić information content (AvgIpc) is 3.11. The number of hydrogen-bond donors (Lipinski definition) is 1. The van der Waals surface area contributed by atoms with Crippen LogP contribution >= 0.6 is 0 Å². The maximum Gasteiger partial charge on any atom is 0.411 e. The van der Waals surface area contributed by atoms with Gasteiger partial charge in [-0.2, -0.15) is 5.26 Å². The predicted molar refractivity (Wildman–Crippen MR) is 122 cm³/mol. The van der Waals surface area contributed by atoms with E-state index in [0.717, 1.165) is 29.0 Å². The second-order valence-electron chi connectivity index (χ2n) is 7.27. The zero-order chi connectivity index (χ0) is 25.1. The van der Waals surface area contributed by atoms with Crippen LogP contribution in [0.1, 0.15) is 12.5 Å². The van der Waals surface area contributed by atoms with E-state index >= 15 is 0 Å². The van der Waals surface area contributed by atoms with Crippen molar-refractivity contribution in [1.29, 1.82) is 5.26 Å². The second kappa shape index (κ2) is 9.52. The molecule has 35 heavy (non-hydrogen) atoms. The fraction of sp³-hybridized carbons (Fsp3) is 0.120. The van der Waals surface area contributed by atoms with Crippen LogP contribution in [0.5, 0.6) is 17.2 Å². The molecule has 1 aliphatic heterocycles. The monoisotopic (exact) mass is 475 g/mol. The fourth-order valence-electron chi connectivity index (χ4n) is 3.47. The Bertz CT molecular complexity index is 1440. The number of anilines is 1. The van der Waals surface area contributed by atoms with Crippen molar-refractivity contribution in [3.63, 3.8) is 0 Å². The first-order chi connectivity index (χ1) is 16.8. The Morgan fingerprint density at radius 2 is 1.77 bits per heavy atom. The summed E-state index contributed by atoms with van der Waals surface area (Å²) in [7, 11) is 1.56. The lowest BCUT2D eigenvalue weighted by Gasteiger charge is -2.18. The third-order valence-corrected chi connectivity index (χ3v) is 5.09. The molecule has 3 aromatic rings. The lowest BCUT2D eigenvalue weighted by atomic mass is 10.1. The van der Waals surface area contributed by atoms with Crippen LogP contribution in [0.2, 0.25) is 0 Å². The van der Waals surface area contributed by atoms with Crippen molar-refractivity contribution in [1.82, 2.24) is 5.32 Å². The molecule has 0 fully saturated rings. The van der Waals surface area contributed by atoms with E-state index in [1.165, 1.54) is 0 Å². The molecule has 0 bridgehead atoms. The Balaban J connectivity index is 1.66. The molecule has 9 nitrogen and oxygen atoms in total. The molecule has 0 saturated carbocycles. The fourth-order valence-corrected chi connectivity index (χ4v) is 3.47. The molecule has 0 atom stereocenters. The van der Waals surface area contributed by atoms with E-state index in [2.05, 4.69) is 5.32 Å². The first-order valence-electron chi connectivity index (χ1n) is 10.4. The van der Waals surface area contributed by atoms with Crippen LogP contribution in [0.4, 0.5) is 14.9 Å². The number of benzene rings is 3. The van der Waals surface area contributed by atoms with Gasteiger partial charge in [0, 0.05) is 12.1 Å². The molecule has 0 radical (unpaired) electrons. The number of ether oxygens (including phenoxy) is 3. The minimum Gasteiger partial charge on any atom is -0.497 e. The molecule has 0 aromatic heterocycles. The summed E-state index contributed by atoms with van der Waals surface area (Å²) in [6.07, 6.45) is -0.0744. The Morgan fingerprint density at radius 3 is 2.43 bits per heavy atom. The van der Waals surface area contributed by atoms with Crippen molar-refractivity contribution in [3.8, 4) is 23.3 Å². The number of fused-ring (bicyclic) bond motifs is 1. The summed E-state index contributed by atoms with van der Waals surface area (Å²) in [6, 6.07) is 14.4. The van der Waals surface area contributed by atoms with Crippen LogP contribution in [-0.4, -0.2) is 31.6 Å². The number of rotatable bonds is 6. The van der Waals surface area contributed by atoms with Crippen LogP contribution in [0.25, 0.3) is 10.8 Å². The van der Waals surface area contributed by atoms with Gasteiger partial charge < -0.3 is 14.2 Å². The molecule has 3 amide bonds. The van der Waals surface area contributed by atoms with Crippen molar-refractivity contribution in [2.24, 2.45) is 0 Å². The zero-order valence-electron chi connectivity index (χ0n) is 18.6. The SMILES string of the molecule is CCOC(=O)NC1=CC(=O)N(c2cc(Oc3ccc4cc(OC)ccc4c3)c(C#N)cc2F)C1=O. The molecule has 0 aliphatic carbocycles. The maximum absolute atomic E-state index is 14.8. The van der Waals surface area contributed by atoms with Gasteiger partial charge in [-0.1, -0.05) is 12.1 Å². The third kappa shape index (κ3) is 4.60. The molecule has 0 saturated heterocycles. The normalized spacial score (nSPS) is 12.9.